The number of likely N-dealkylation sites (N-methyl/N-ethyl adjacent to an activating group) is 1. The van der Waals surface area contributed by atoms with E-state index in [1.807, 2.05) is 42.0 Å². The van der Waals surface area contributed by atoms with Gasteiger partial charge in [-0.15, -0.1) is 16.8 Å². The van der Waals surface area contributed by atoms with Crippen molar-refractivity contribution in [3.05, 3.63) is 88.7 Å². The van der Waals surface area contributed by atoms with Crippen LogP contribution in [0.25, 0.3) is 5.69 Å². The smallest absolute Gasteiger partial charge is 0.159 e. The van der Waals surface area contributed by atoms with Gasteiger partial charge >= 0.3 is 0 Å². The Balaban J connectivity index is 1.89. The van der Waals surface area contributed by atoms with Gasteiger partial charge in [-0.05, 0) is 25.2 Å². The van der Waals surface area contributed by atoms with E-state index in [1.165, 1.54) is 6.07 Å². The summed E-state index contributed by atoms with van der Waals surface area (Å²) >= 11 is 6.40. The van der Waals surface area contributed by atoms with Gasteiger partial charge in [-0.1, -0.05) is 41.9 Å². The maximum atomic E-state index is 15.0. The molecule has 5 nitrogen and oxygen atoms in total. The van der Waals surface area contributed by atoms with Gasteiger partial charge in [0.2, 0.25) is 0 Å². The van der Waals surface area contributed by atoms with Crippen molar-refractivity contribution < 1.29 is 4.39 Å². The number of fused-ring (bicyclic) bond motifs is 3. The minimum atomic E-state index is -0.358. The second-order valence-electron chi connectivity index (χ2n) is 6.63. The average Bonchev–Trinajstić information content (AvgIpc) is 2.98. The van der Waals surface area contributed by atoms with E-state index in [0.29, 0.717) is 46.5 Å². The lowest BCUT2D eigenvalue weighted by Crippen LogP contribution is -2.21. The summed E-state index contributed by atoms with van der Waals surface area (Å²) in [5, 5.41) is 9.16. The van der Waals surface area contributed by atoms with Gasteiger partial charge in [0.15, 0.2) is 11.6 Å². The van der Waals surface area contributed by atoms with E-state index in [-0.39, 0.29) is 12.4 Å². The zero-order chi connectivity index (χ0) is 19.7. The molecule has 0 fully saturated rings. The number of rotatable bonds is 5. The molecule has 2 heterocycles. The number of hydrogen-bond acceptors (Lipinski definition) is 4. The van der Waals surface area contributed by atoms with E-state index in [4.69, 9.17) is 11.6 Å². The molecule has 28 heavy (non-hydrogen) atoms. The Morgan fingerprint density at radius 1 is 1.21 bits per heavy atom. The van der Waals surface area contributed by atoms with Crippen molar-refractivity contribution in [1.82, 2.24) is 19.7 Å². The molecule has 0 radical (unpaired) electrons. The summed E-state index contributed by atoms with van der Waals surface area (Å²) in [6.45, 7) is 5.31. The molecule has 0 atom stereocenters. The van der Waals surface area contributed by atoms with Crippen LogP contribution in [-0.2, 0) is 13.1 Å². The number of aromatic nitrogens is 3. The molecule has 0 saturated heterocycles. The van der Waals surface area contributed by atoms with Crippen molar-refractivity contribution in [3.63, 3.8) is 0 Å². The molecule has 3 aromatic rings. The van der Waals surface area contributed by atoms with Crippen LogP contribution >= 0.6 is 11.6 Å². The number of halogens is 2. The van der Waals surface area contributed by atoms with Crippen LogP contribution in [0, 0.1) is 5.82 Å². The molecule has 0 saturated carbocycles. The molecule has 2 aromatic carbocycles. The molecule has 0 N–H and O–H groups in total. The highest BCUT2D eigenvalue weighted by atomic mass is 35.5. The summed E-state index contributed by atoms with van der Waals surface area (Å²) in [6, 6.07) is 12.3. The lowest BCUT2D eigenvalue weighted by molar-refractivity contribution is 0.350. The average molecular weight is 396 g/mol. The normalized spacial score (nSPS) is 12.9. The second-order valence-corrected chi connectivity index (χ2v) is 7.04. The highest BCUT2D eigenvalue weighted by Gasteiger charge is 2.26. The number of aliphatic imine (C=N–C) groups is 1. The minimum Gasteiger partial charge on any atom is -0.295 e. The van der Waals surface area contributed by atoms with Crippen molar-refractivity contribution in [3.8, 4) is 5.69 Å². The molecule has 0 bridgehead atoms. The van der Waals surface area contributed by atoms with Gasteiger partial charge < -0.3 is 0 Å². The molecule has 7 heteroatoms. The lowest BCUT2D eigenvalue weighted by Gasteiger charge is -2.17. The monoisotopic (exact) mass is 395 g/mol. The van der Waals surface area contributed by atoms with Crippen LogP contribution in [0.2, 0.25) is 5.02 Å². The summed E-state index contributed by atoms with van der Waals surface area (Å²) in [4.78, 5) is 6.73. The van der Waals surface area contributed by atoms with Gasteiger partial charge in [-0.3, -0.25) is 14.5 Å². The SMILES string of the molecule is C=CCN(C)Cc1nnc2n1-c1cccc(F)c1C(c1ccccc1Cl)=NC2. The van der Waals surface area contributed by atoms with E-state index >= 15 is 4.39 Å². The van der Waals surface area contributed by atoms with E-state index in [9.17, 15) is 0 Å². The largest absolute Gasteiger partial charge is 0.295 e. The van der Waals surface area contributed by atoms with Crippen molar-refractivity contribution in [1.29, 1.82) is 0 Å². The molecule has 1 aromatic heterocycles. The van der Waals surface area contributed by atoms with Gasteiger partial charge in [0.1, 0.15) is 12.4 Å². The van der Waals surface area contributed by atoms with Crippen LogP contribution in [0.4, 0.5) is 4.39 Å². The van der Waals surface area contributed by atoms with Gasteiger partial charge in [-0.2, -0.15) is 0 Å². The Labute approximate surface area is 167 Å². The molecule has 0 spiro atoms. The zero-order valence-corrected chi connectivity index (χ0v) is 16.2. The topological polar surface area (TPSA) is 46.3 Å². The van der Waals surface area contributed by atoms with Crippen LogP contribution in [0.1, 0.15) is 22.8 Å². The quantitative estimate of drug-likeness (QED) is 0.613. The number of nitrogens with zero attached hydrogens (tertiary/aromatic N) is 5. The van der Waals surface area contributed by atoms with Gasteiger partial charge in [-0.25, -0.2) is 4.39 Å². The first-order valence-corrected chi connectivity index (χ1v) is 9.29. The second kappa shape index (κ2) is 7.66. The summed E-state index contributed by atoms with van der Waals surface area (Å²) in [7, 11) is 1.97. The Bertz CT molecular complexity index is 1070. The van der Waals surface area contributed by atoms with Crippen LogP contribution in [0.15, 0.2) is 60.1 Å². The first-order chi connectivity index (χ1) is 13.6. The maximum Gasteiger partial charge on any atom is 0.159 e. The van der Waals surface area contributed by atoms with Gasteiger partial charge in [0.05, 0.1) is 23.5 Å². The fraction of sp³-hybridized carbons (Fsp3) is 0.190. The summed E-state index contributed by atoms with van der Waals surface area (Å²) in [5.41, 5.74) is 2.29. The lowest BCUT2D eigenvalue weighted by atomic mass is 9.99. The Morgan fingerprint density at radius 2 is 2.04 bits per heavy atom. The van der Waals surface area contributed by atoms with E-state index in [0.717, 1.165) is 5.82 Å². The summed E-state index contributed by atoms with van der Waals surface area (Å²) in [6.07, 6.45) is 1.83. The fourth-order valence-corrected chi connectivity index (χ4v) is 3.62. The highest BCUT2D eigenvalue weighted by molar-refractivity contribution is 6.35. The van der Waals surface area contributed by atoms with Gasteiger partial charge in [0.25, 0.3) is 0 Å². The van der Waals surface area contributed by atoms with E-state index in [1.54, 1.807) is 12.1 Å². The van der Waals surface area contributed by atoms with Crippen LogP contribution < -0.4 is 0 Å². The van der Waals surface area contributed by atoms with Crippen LogP contribution in [-0.4, -0.2) is 39.0 Å². The highest BCUT2D eigenvalue weighted by Crippen LogP contribution is 2.30. The zero-order valence-electron chi connectivity index (χ0n) is 15.4. The third-order valence-electron chi connectivity index (χ3n) is 4.63. The molecular weight excluding hydrogens is 377 g/mol. The molecule has 1 aliphatic heterocycles. The standard InChI is InChI=1S/C21H19ClFN5/c1-3-11-27(2)13-19-26-25-18-12-24-21(14-7-4-5-8-15(14)22)20-16(23)9-6-10-17(20)28(18)19/h3-10H,1,11-13H2,2H3. The van der Waals surface area contributed by atoms with E-state index < -0.39 is 0 Å². The van der Waals surface area contributed by atoms with Crippen molar-refractivity contribution in [2.24, 2.45) is 4.99 Å². The van der Waals surface area contributed by atoms with Gasteiger partial charge in [0, 0.05) is 17.1 Å². The maximum absolute atomic E-state index is 15.0. The first-order valence-electron chi connectivity index (χ1n) is 8.91. The molecule has 0 aliphatic carbocycles. The number of benzene rings is 2. The summed E-state index contributed by atoms with van der Waals surface area (Å²) in [5.74, 6) is 1.03. The fourth-order valence-electron chi connectivity index (χ4n) is 3.40. The Morgan fingerprint density at radius 3 is 2.82 bits per heavy atom. The molecular formula is C21H19ClFN5. The Kier molecular flexibility index (Phi) is 5.07. The third kappa shape index (κ3) is 3.25. The van der Waals surface area contributed by atoms with Crippen molar-refractivity contribution in [2.75, 3.05) is 13.6 Å². The molecule has 0 unspecified atom stereocenters. The van der Waals surface area contributed by atoms with Crippen molar-refractivity contribution in [2.45, 2.75) is 13.1 Å². The molecule has 142 valence electrons. The summed E-state index contributed by atoms with van der Waals surface area (Å²) < 4.78 is 16.9. The first kappa shape index (κ1) is 18.5. The Hall–Kier alpha value is -2.83. The molecule has 1 aliphatic rings. The predicted molar refractivity (Wildman–Crippen MR) is 109 cm³/mol. The third-order valence-corrected chi connectivity index (χ3v) is 4.96. The molecule has 4 rings (SSSR count). The van der Waals surface area contributed by atoms with Crippen molar-refractivity contribution >= 4 is 17.3 Å². The van der Waals surface area contributed by atoms with Crippen LogP contribution in [0.5, 0.6) is 0 Å². The minimum absolute atomic E-state index is 0.285. The van der Waals surface area contributed by atoms with E-state index in [2.05, 4.69) is 26.7 Å². The predicted octanol–water partition coefficient (Wildman–Crippen LogP) is 4.03. The molecule has 0 amide bonds. The number of hydrogen-bond donors (Lipinski definition) is 0. The van der Waals surface area contributed by atoms with Crippen LogP contribution in [0.3, 0.4) is 0 Å².